The Kier molecular flexibility index (Phi) is 2.68. The lowest BCUT2D eigenvalue weighted by atomic mass is 10.2. The molecule has 2 heterocycles. The minimum absolute atomic E-state index is 0.0363. The normalized spacial score (nSPS) is 16.8. The number of alkyl halides is 3. The average molecular weight is 245 g/mol. The van der Waals surface area contributed by atoms with E-state index >= 15 is 0 Å². The third-order valence-electron chi connectivity index (χ3n) is 2.57. The number of carbonyl (C=O) groups is 1. The predicted octanol–water partition coefficient (Wildman–Crippen LogP) is 1.97. The second-order valence-electron chi connectivity index (χ2n) is 3.76. The van der Waals surface area contributed by atoms with Gasteiger partial charge in [-0.3, -0.25) is 4.90 Å². The average Bonchev–Trinajstić information content (AvgIpc) is 2.59. The fourth-order valence-electron chi connectivity index (χ4n) is 1.60. The topological polar surface area (TPSA) is 36.4 Å². The number of anilines is 1. The maximum atomic E-state index is 12.5. The number of halogens is 3. The largest absolute Gasteiger partial charge is 0.416 e. The Morgan fingerprint density at radius 1 is 1.35 bits per heavy atom. The van der Waals surface area contributed by atoms with Crippen LogP contribution in [0, 0.1) is 0 Å². The number of nitrogens with zero attached hydrogens (tertiary/aromatic N) is 3. The number of likely N-dealkylation sites (N-methyl/N-ethyl adjacent to an activating group) is 1. The van der Waals surface area contributed by atoms with Crippen molar-refractivity contribution in [3.8, 4) is 0 Å². The van der Waals surface area contributed by atoms with Crippen molar-refractivity contribution in [1.82, 2.24) is 9.88 Å². The number of aromatic nitrogens is 1. The van der Waals surface area contributed by atoms with E-state index in [1.165, 1.54) is 9.80 Å². The molecule has 7 heteroatoms. The molecule has 1 aromatic heterocycles. The van der Waals surface area contributed by atoms with Gasteiger partial charge in [0, 0.05) is 26.3 Å². The first-order chi connectivity index (χ1) is 7.89. The summed E-state index contributed by atoms with van der Waals surface area (Å²) in [5.41, 5.74) is -0.801. The summed E-state index contributed by atoms with van der Waals surface area (Å²) < 4.78 is 37.5. The van der Waals surface area contributed by atoms with Gasteiger partial charge in [-0.25, -0.2) is 9.78 Å². The van der Waals surface area contributed by atoms with E-state index in [0.29, 0.717) is 13.1 Å². The molecule has 1 aliphatic heterocycles. The van der Waals surface area contributed by atoms with E-state index in [9.17, 15) is 18.0 Å². The summed E-state index contributed by atoms with van der Waals surface area (Å²) in [6.07, 6.45) is -3.36. The first kappa shape index (κ1) is 11.7. The zero-order valence-electron chi connectivity index (χ0n) is 9.03. The van der Waals surface area contributed by atoms with Crippen LogP contribution >= 0.6 is 0 Å². The highest BCUT2D eigenvalue weighted by atomic mass is 19.4. The summed E-state index contributed by atoms with van der Waals surface area (Å²) in [5, 5.41) is 0. The number of carbonyl (C=O) groups excluding carboxylic acids is 1. The van der Waals surface area contributed by atoms with Crippen molar-refractivity contribution < 1.29 is 18.0 Å². The molecular weight excluding hydrogens is 235 g/mol. The van der Waals surface area contributed by atoms with E-state index in [2.05, 4.69) is 4.98 Å². The Bertz CT molecular complexity index is 447. The van der Waals surface area contributed by atoms with Crippen molar-refractivity contribution in [3.63, 3.8) is 0 Å². The molecule has 2 amide bonds. The molecule has 1 fully saturated rings. The Morgan fingerprint density at radius 2 is 2.06 bits per heavy atom. The lowest BCUT2D eigenvalue weighted by Gasteiger charge is -2.16. The van der Waals surface area contributed by atoms with Gasteiger partial charge in [0.15, 0.2) is 0 Å². The second-order valence-corrected chi connectivity index (χ2v) is 3.76. The fourth-order valence-corrected chi connectivity index (χ4v) is 1.60. The maximum Gasteiger partial charge on any atom is 0.416 e. The smallest absolute Gasteiger partial charge is 0.326 e. The van der Waals surface area contributed by atoms with Gasteiger partial charge in [0.2, 0.25) is 0 Å². The van der Waals surface area contributed by atoms with Gasteiger partial charge in [-0.05, 0) is 12.1 Å². The van der Waals surface area contributed by atoms with E-state index in [-0.39, 0.29) is 11.8 Å². The first-order valence-corrected chi connectivity index (χ1v) is 4.95. The Morgan fingerprint density at radius 3 is 2.59 bits per heavy atom. The molecule has 0 atom stereocenters. The van der Waals surface area contributed by atoms with Crippen LogP contribution in [0.15, 0.2) is 18.3 Å². The summed E-state index contributed by atoms with van der Waals surface area (Å²) in [6, 6.07) is 1.43. The minimum atomic E-state index is -4.42. The van der Waals surface area contributed by atoms with Crippen LogP contribution in [0.4, 0.5) is 23.8 Å². The second kappa shape index (κ2) is 3.90. The molecular formula is C10H10F3N3O. The Labute approximate surface area is 95.6 Å². The molecule has 0 bridgehead atoms. The number of hydrogen-bond donors (Lipinski definition) is 0. The zero-order valence-corrected chi connectivity index (χ0v) is 9.03. The van der Waals surface area contributed by atoms with Crippen LogP contribution in [-0.4, -0.2) is 36.1 Å². The van der Waals surface area contributed by atoms with Crippen LogP contribution in [0.5, 0.6) is 0 Å². The number of urea groups is 1. The summed E-state index contributed by atoms with van der Waals surface area (Å²) in [4.78, 5) is 18.1. The van der Waals surface area contributed by atoms with Crippen LogP contribution in [0.1, 0.15) is 5.56 Å². The van der Waals surface area contributed by atoms with Gasteiger partial charge in [-0.2, -0.15) is 13.2 Å². The van der Waals surface area contributed by atoms with Crippen LogP contribution < -0.4 is 4.90 Å². The van der Waals surface area contributed by atoms with Crippen molar-refractivity contribution in [2.24, 2.45) is 0 Å². The van der Waals surface area contributed by atoms with Gasteiger partial charge in [-0.1, -0.05) is 0 Å². The van der Waals surface area contributed by atoms with E-state index in [1.807, 2.05) is 0 Å². The molecule has 0 aliphatic carbocycles. The van der Waals surface area contributed by atoms with Crippen molar-refractivity contribution in [2.75, 3.05) is 25.0 Å². The van der Waals surface area contributed by atoms with Gasteiger partial charge in [-0.15, -0.1) is 0 Å². The van der Waals surface area contributed by atoms with Gasteiger partial charge >= 0.3 is 12.2 Å². The molecule has 1 saturated heterocycles. The van der Waals surface area contributed by atoms with Crippen molar-refractivity contribution in [2.45, 2.75) is 6.18 Å². The van der Waals surface area contributed by atoms with Gasteiger partial charge in [0.05, 0.1) is 5.56 Å². The number of hydrogen-bond acceptors (Lipinski definition) is 2. The quantitative estimate of drug-likeness (QED) is 0.758. The van der Waals surface area contributed by atoms with Crippen molar-refractivity contribution in [1.29, 1.82) is 0 Å². The van der Waals surface area contributed by atoms with E-state index < -0.39 is 11.7 Å². The molecule has 1 aliphatic rings. The van der Waals surface area contributed by atoms with Gasteiger partial charge in [0.1, 0.15) is 5.82 Å². The van der Waals surface area contributed by atoms with E-state index in [1.54, 1.807) is 7.05 Å². The summed E-state index contributed by atoms with van der Waals surface area (Å²) in [6.45, 7) is 0.834. The molecule has 0 radical (unpaired) electrons. The lowest BCUT2D eigenvalue weighted by molar-refractivity contribution is -0.137. The van der Waals surface area contributed by atoms with Gasteiger partial charge in [0.25, 0.3) is 0 Å². The van der Waals surface area contributed by atoms with E-state index in [4.69, 9.17) is 0 Å². The predicted molar refractivity (Wildman–Crippen MR) is 54.6 cm³/mol. The van der Waals surface area contributed by atoms with Crippen molar-refractivity contribution in [3.05, 3.63) is 23.9 Å². The van der Waals surface area contributed by atoms with Crippen LogP contribution in [0.25, 0.3) is 0 Å². The first-order valence-electron chi connectivity index (χ1n) is 4.95. The summed E-state index contributed by atoms with van der Waals surface area (Å²) in [5.74, 6) is 0.0363. The molecule has 1 aromatic rings. The maximum absolute atomic E-state index is 12.5. The number of amides is 2. The van der Waals surface area contributed by atoms with Gasteiger partial charge < -0.3 is 4.90 Å². The number of pyridine rings is 1. The molecule has 92 valence electrons. The summed E-state index contributed by atoms with van der Waals surface area (Å²) >= 11 is 0. The minimum Gasteiger partial charge on any atom is -0.326 e. The molecule has 4 nitrogen and oxygen atoms in total. The molecule has 0 aromatic carbocycles. The Balaban J connectivity index is 2.31. The standard InChI is InChI=1S/C10H10F3N3O/c1-15-4-5-16(9(15)17)8-6-7(2-3-14-8)10(11,12)13/h2-3,6H,4-5H2,1H3. The molecule has 0 unspecified atom stereocenters. The van der Waals surface area contributed by atoms with Crippen LogP contribution in [0.3, 0.4) is 0 Å². The van der Waals surface area contributed by atoms with Crippen LogP contribution in [0.2, 0.25) is 0 Å². The molecule has 0 spiro atoms. The fraction of sp³-hybridized carbons (Fsp3) is 0.400. The van der Waals surface area contributed by atoms with E-state index in [0.717, 1.165) is 18.3 Å². The monoisotopic (exact) mass is 245 g/mol. The molecule has 0 N–H and O–H groups in total. The highest BCUT2D eigenvalue weighted by Crippen LogP contribution is 2.31. The third-order valence-corrected chi connectivity index (χ3v) is 2.57. The lowest BCUT2D eigenvalue weighted by Crippen LogP contribution is -2.30. The highest BCUT2D eigenvalue weighted by Gasteiger charge is 2.33. The van der Waals surface area contributed by atoms with Crippen LogP contribution in [-0.2, 0) is 6.18 Å². The van der Waals surface area contributed by atoms with Crippen molar-refractivity contribution >= 4 is 11.8 Å². The molecule has 17 heavy (non-hydrogen) atoms. The summed E-state index contributed by atoms with van der Waals surface area (Å²) in [7, 11) is 1.59. The molecule has 0 saturated carbocycles. The highest BCUT2D eigenvalue weighted by molar-refractivity contribution is 5.92. The SMILES string of the molecule is CN1CCN(c2cc(C(F)(F)F)ccn2)C1=O. The number of rotatable bonds is 1. The zero-order chi connectivity index (χ0) is 12.6. The molecule has 2 rings (SSSR count). The Hall–Kier alpha value is -1.79. The third kappa shape index (κ3) is 2.17.